The Bertz CT molecular complexity index is 1340. The van der Waals surface area contributed by atoms with Crippen LogP contribution in [0.25, 0.3) is 22.7 Å². The van der Waals surface area contributed by atoms with E-state index < -0.39 is 0 Å². The topological polar surface area (TPSA) is 77.7 Å². The smallest absolute Gasteiger partial charge is 0.195 e. The maximum absolute atomic E-state index is 12.9. The fourth-order valence-corrected chi connectivity index (χ4v) is 5.86. The molecule has 1 aliphatic carbocycles. The van der Waals surface area contributed by atoms with Crippen LogP contribution in [0.15, 0.2) is 48.8 Å². The summed E-state index contributed by atoms with van der Waals surface area (Å²) in [6.45, 7) is 3.91. The molecule has 0 saturated heterocycles. The van der Waals surface area contributed by atoms with Gasteiger partial charge in [0.2, 0.25) is 0 Å². The zero-order valence-electron chi connectivity index (χ0n) is 19.5. The van der Waals surface area contributed by atoms with Crippen molar-refractivity contribution in [1.82, 2.24) is 19.5 Å². The predicted octanol–water partition coefficient (Wildman–Crippen LogP) is 6.46. The average Bonchev–Trinajstić information content (AvgIpc) is 3.47. The summed E-state index contributed by atoms with van der Waals surface area (Å²) in [5, 5.41) is 0. The van der Waals surface area contributed by atoms with E-state index in [1.54, 1.807) is 29.8 Å². The lowest BCUT2D eigenvalue weighted by Gasteiger charge is -2.31. The number of nitrogens with zero attached hydrogens (tertiary/aromatic N) is 4. The van der Waals surface area contributed by atoms with Crippen LogP contribution in [0.2, 0.25) is 0 Å². The third-order valence-corrected chi connectivity index (χ3v) is 7.75. The van der Waals surface area contributed by atoms with E-state index in [-0.39, 0.29) is 17.6 Å². The Morgan fingerprint density at radius 2 is 1.91 bits per heavy atom. The Hall–Kier alpha value is -3.19. The number of ketones is 2. The van der Waals surface area contributed by atoms with Crippen LogP contribution in [0.1, 0.15) is 76.4 Å². The predicted molar refractivity (Wildman–Crippen MR) is 134 cm³/mol. The highest BCUT2D eigenvalue weighted by Gasteiger charge is 2.29. The molecule has 0 N–H and O–H groups in total. The molecule has 0 radical (unpaired) electrons. The van der Waals surface area contributed by atoms with Crippen molar-refractivity contribution < 1.29 is 9.59 Å². The van der Waals surface area contributed by atoms with Gasteiger partial charge in [-0.2, -0.15) is 0 Å². The van der Waals surface area contributed by atoms with Gasteiger partial charge in [-0.25, -0.2) is 15.0 Å². The van der Waals surface area contributed by atoms with Gasteiger partial charge in [-0.05, 0) is 68.5 Å². The lowest BCUT2D eigenvalue weighted by atomic mass is 9.82. The highest BCUT2D eigenvalue weighted by Crippen LogP contribution is 2.39. The first-order chi connectivity index (χ1) is 16.5. The summed E-state index contributed by atoms with van der Waals surface area (Å²) in [4.78, 5) is 41.0. The molecule has 3 heterocycles. The molecule has 3 aromatic heterocycles. The quantitative estimate of drug-likeness (QED) is 0.288. The largest absolute Gasteiger partial charge is 0.318 e. The Kier molecular flexibility index (Phi) is 6.37. The van der Waals surface area contributed by atoms with Gasteiger partial charge in [0.05, 0.1) is 15.9 Å². The summed E-state index contributed by atoms with van der Waals surface area (Å²) in [5.74, 6) is 1.98. The first-order valence-electron chi connectivity index (χ1n) is 12.0. The number of thiophene rings is 1. The Balaban J connectivity index is 1.49. The highest BCUT2D eigenvalue weighted by molar-refractivity contribution is 7.14. The minimum atomic E-state index is 0.106. The second-order valence-corrected chi connectivity index (χ2v) is 10.4. The summed E-state index contributed by atoms with van der Waals surface area (Å²) in [7, 11) is 0. The fraction of sp³-hybridized carbons (Fsp3) is 0.370. The third-order valence-electron chi connectivity index (χ3n) is 6.71. The number of carbonyl (C=O) groups is 2. The van der Waals surface area contributed by atoms with E-state index >= 15 is 0 Å². The van der Waals surface area contributed by atoms with Gasteiger partial charge in [0.25, 0.3) is 0 Å². The summed E-state index contributed by atoms with van der Waals surface area (Å²) in [6, 6.07) is 11.7. The molecule has 2 atom stereocenters. The molecule has 4 aromatic rings. The fourth-order valence-electron chi connectivity index (χ4n) is 5.05. The Morgan fingerprint density at radius 1 is 1.09 bits per heavy atom. The van der Waals surface area contributed by atoms with Crippen LogP contribution in [0.4, 0.5) is 0 Å². The molecule has 0 unspecified atom stereocenters. The van der Waals surface area contributed by atoms with Gasteiger partial charge in [0.1, 0.15) is 0 Å². The van der Waals surface area contributed by atoms with Crippen LogP contribution in [0.5, 0.6) is 0 Å². The third kappa shape index (κ3) is 4.44. The lowest BCUT2D eigenvalue weighted by molar-refractivity contribution is 0.0944. The second kappa shape index (κ2) is 9.58. The van der Waals surface area contributed by atoms with Crippen molar-refractivity contribution in [3.8, 4) is 11.6 Å². The number of benzene rings is 1. The Labute approximate surface area is 203 Å². The van der Waals surface area contributed by atoms with Crippen LogP contribution < -0.4 is 0 Å². The second-order valence-electron chi connectivity index (χ2n) is 9.08. The Morgan fingerprint density at radius 3 is 2.65 bits per heavy atom. The molecule has 1 fully saturated rings. The van der Waals surface area contributed by atoms with Crippen molar-refractivity contribution in [2.75, 3.05) is 0 Å². The van der Waals surface area contributed by atoms with Crippen molar-refractivity contribution >= 4 is 33.9 Å². The van der Waals surface area contributed by atoms with Crippen molar-refractivity contribution in [2.24, 2.45) is 5.92 Å². The summed E-state index contributed by atoms with van der Waals surface area (Å²) in [5.41, 5.74) is 2.45. The van der Waals surface area contributed by atoms with E-state index in [1.807, 2.05) is 44.2 Å². The minimum Gasteiger partial charge on any atom is -0.318 e. The molecule has 1 aliphatic rings. The van der Waals surface area contributed by atoms with Crippen LogP contribution >= 0.6 is 11.3 Å². The zero-order chi connectivity index (χ0) is 23.7. The molecule has 6 nitrogen and oxygen atoms in total. The van der Waals surface area contributed by atoms with E-state index in [1.165, 1.54) is 4.88 Å². The lowest BCUT2D eigenvalue weighted by Crippen LogP contribution is -2.22. The molecule has 174 valence electrons. The van der Waals surface area contributed by atoms with Gasteiger partial charge >= 0.3 is 0 Å². The van der Waals surface area contributed by atoms with Gasteiger partial charge in [-0.3, -0.25) is 9.59 Å². The number of carbonyl (C=O) groups excluding carboxylic acids is 2. The number of hydrogen-bond donors (Lipinski definition) is 0. The number of rotatable bonds is 7. The number of aryl methyl sites for hydroxylation is 1. The van der Waals surface area contributed by atoms with E-state index in [0.717, 1.165) is 47.4 Å². The van der Waals surface area contributed by atoms with Crippen molar-refractivity contribution in [3.63, 3.8) is 0 Å². The van der Waals surface area contributed by atoms with E-state index in [2.05, 4.69) is 14.5 Å². The van der Waals surface area contributed by atoms with E-state index in [9.17, 15) is 9.59 Å². The normalized spacial score (nSPS) is 18.3. The van der Waals surface area contributed by atoms with Gasteiger partial charge in [-0.1, -0.05) is 13.3 Å². The van der Waals surface area contributed by atoms with Gasteiger partial charge < -0.3 is 4.57 Å². The molecule has 0 amide bonds. The van der Waals surface area contributed by atoms with Crippen molar-refractivity contribution in [3.05, 3.63) is 64.1 Å². The van der Waals surface area contributed by atoms with Crippen LogP contribution in [0, 0.1) is 12.8 Å². The first kappa shape index (κ1) is 22.6. The number of imidazole rings is 1. The van der Waals surface area contributed by atoms with Gasteiger partial charge in [0.15, 0.2) is 23.2 Å². The monoisotopic (exact) mass is 472 g/mol. The van der Waals surface area contributed by atoms with E-state index in [4.69, 9.17) is 4.98 Å². The molecule has 0 bridgehead atoms. The molecule has 1 aromatic carbocycles. The number of hydrogen-bond acceptors (Lipinski definition) is 6. The molecular formula is C27H28N4O2S. The minimum absolute atomic E-state index is 0.106. The number of aromatic nitrogens is 4. The highest BCUT2D eigenvalue weighted by atomic mass is 32.1. The summed E-state index contributed by atoms with van der Waals surface area (Å²) < 4.78 is 2.25. The van der Waals surface area contributed by atoms with Crippen LogP contribution in [-0.4, -0.2) is 31.1 Å². The first-order valence-corrected chi connectivity index (χ1v) is 12.8. The maximum Gasteiger partial charge on any atom is 0.195 e. The zero-order valence-corrected chi connectivity index (χ0v) is 20.3. The number of Topliss-reactive ketones (excluding diaryl/α,β-unsaturated/α-hetero) is 2. The summed E-state index contributed by atoms with van der Waals surface area (Å²) in [6.07, 6.45) is 8.55. The molecular weight excluding hydrogens is 444 g/mol. The molecule has 34 heavy (non-hydrogen) atoms. The average molecular weight is 473 g/mol. The van der Waals surface area contributed by atoms with Gasteiger partial charge in [0, 0.05) is 41.7 Å². The van der Waals surface area contributed by atoms with Gasteiger partial charge in [-0.15, -0.1) is 11.3 Å². The SMILES string of the molecule is CCC(=O)c1ccc2c(c1)nc(-c1ncccn1)n2[C@H]1CCC[C@@H](CC(=O)c2ccc(C)s2)C1. The standard InChI is InChI=1S/C27H28N4O2S/c1-3-23(32)19-9-10-22-21(16-19)30-27(26-28-12-5-13-29-26)31(22)20-7-4-6-18(14-20)15-24(33)25-11-8-17(2)34-25/h5,8-13,16,18,20H,3-4,6-7,14-15H2,1-2H3/t18-,20+/m1/s1. The van der Waals surface area contributed by atoms with Crippen molar-refractivity contribution in [2.45, 2.75) is 58.4 Å². The molecule has 0 aliphatic heterocycles. The van der Waals surface area contributed by atoms with Crippen molar-refractivity contribution in [1.29, 1.82) is 0 Å². The molecule has 5 rings (SSSR count). The van der Waals surface area contributed by atoms with Crippen LogP contribution in [0.3, 0.4) is 0 Å². The molecule has 7 heteroatoms. The maximum atomic E-state index is 12.9. The van der Waals surface area contributed by atoms with Crippen LogP contribution in [-0.2, 0) is 0 Å². The summed E-state index contributed by atoms with van der Waals surface area (Å²) >= 11 is 1.58. The molecule has 0 spiro atoms. The van der Waals surface area contributed by atoms with E-state index in [0.29, 0.717) is 30.1 Å². The number of fused-ring (bicyclic) bond motifs is 1. The molecule has 1 saturated carbocycles.